The molecule has 48 valence electrons. The fourth-order valence-corrected chi connectivity index (χ4v) is 0. The Morgan fingerprint density at radius 1 is 1.25 bits per heavy atom. The van der Waals surface area contributed by atoms with Gasteiger partial charge in [-0.3, -0.25) is 4.91 Å². The Labute approximate surface area is 45.9 Å². The molecule has 0 amide bonds. The van der Waals surface area contributed by atoms with Gasteiger partial charge in [0.05, 0.1) is 14.9 Å². The van der Waals surface area contributed by atoms with Gasteiger partial charge >= 0.3 is 0 Å². The highest BCUT2D eigenvalue weighted by Gasteiger charge is 1.98. The Balaban J connectivity index is 0. The van der Waals surface area contributed by atoms with E-state index in [1.807, 2.05) is 0 Å². The molecule has 0 saturated heterocycles. The van der Waals surface area contributed by atoms with Crippen LogP contribution in [0.5, 0.6) is 0 Å². The molecule has 0 fully saturated rings. The Morgan fingerprint density at radius 3 is 1.25 bits per heavy atom. The summed E-state index contributed by atoms with van der Waals surface area (Å²) in [6.07, 6.45) is 0. The van der Waals surface area contributed by atoms with Crippen LogP contribution in [0, 0.1) is 10.2 Å². The van der Waals surface area contributed by atoms with Crippen LogP contribution in [-0.2, 0) is 0 Å². The van der Waals surface area contributed by atoms with E-state index < -0.39 is 10.2 Å². The van der Waals surface area contributed by atoms with Crippen molar-refractivity contribution in [3.8, 4) is 0 Å². The van der Waals surface area contributed by atoms with Gasteiger partial charge in [-0.25, -0.2) is 0 Å². The molecular weight excluding hydrogens is 141 g/mol. The number of halogens is 1. The third-order valence-corrected chi connectivity index (χ3v) is 0. The molecule has 0 aromatic rings. The second-order valence-corrected chi connectivity index (χ2v) is 1.28. The van der Waals surface area contributed by atoms with Crippen LogP contribution >= 0.6 is 0 Å². The van der Waals surface area contributed by atoms with E-state index in [1.165, 1.54) is 4.91 Å². The maximum atomic E-state index is 8.60. The van der Waals surface area contributed by atoms with Gasteiger partial charge in [0.15, 0.2) is 0 Å². The third-order valence-electron chi connectivity index (χ3n) is 0. The quantitative estimate of drug-likeness (QED) is 0.215. The first-order valence-electron chi connectivity index (χ1n) is 1.03. The smallest absolute Gasteiger partial charge is 0.0777 e. The topological polar surface area (TPSA) is 148 Å². The Kier molecular flexibility index (Phi) is 5.99. The van der Waals surface area contributed by atoms with E-state index >= 15 is 0 Å². The number of nitrogens with zero attached hydrogens (tertiary/aromatic N) is 3. The Bertz CT molecular complexity index is 71.8. The van der Waals surface area contributed by atoms with Crippen molar-refractivity contribution in [1.82, 2.24) is 0 Å². The minimum absolute atomic E-state index is 1.50. The van der Waals surface area contributed by atoms with Gasteiger partial charge in [0, 0.05) is 0 Å². The molecule has 0 aliphatic heterocycles. The summed E-state index contributed by atoms with van der Waals surface area (Å²) in [5.41, 5.74) is 13.5. The molecular formula is HClN3O4-. The zero-order valence-electron chi connectivity index (χ0n) is 3.39. The van der Waals surface area contributed by atoms with Crippen molar-refractivity contribution in [2.45, 2.75) is 0 Å². The summed E-state index contributed by atoms with van der Waals surface area (Å²) in [5, 5.41) is 0. The molecule has 0 atom stereocenters. The van der Waals surface area contributed by atoms with Gasteiger partial charge in [0.2, 0.25) is 0 Å². The SMILES string of the molecule is [N-]=[N+]=[N-].[O-][Cl+3]([O-])([O-])O. The van der Waals surface area contributed by atoms with Gasteiger partial charge in [0.25, 0.3) is 0 Å². The van der Waals surface area contributed by atoms with Crippen molar-refractivity contribution < 1.29 is 28.9 Å². The lowest BCUT2D eigenvalue weighted by Gasteiger charge is -2.03. The van der Waals surface area contributed by atoms with Crippen LogP contribution < -0.4 is 14.0 Å². The second kappa shape index (κ2) is 4.60. The van der Waals surface area contributed by atoms with Gasteiger partial charge < -0.3 is 11.1 Å². The average molecular weight is 142 g/mol. The molecule has 8 heavy (non-hydrogen) atoms. The standard InChI is InChI=1S/ClHO4.N3/c2-1(3,4)5;1-3-2/h(H,2,3,4,5);/q;-1. The molecule has 0 unspecified atom stereocenters. The van der Waals surface area contributed by atoms with Crippen LogP contribution in [0.2, 0.25) is 0 Å². The molecule has 0 aromatic heterocycles. The van der Waals surface area contributed by atoms with Crippen LogP contribution in [-0.4, -0.2) is 4.66 Å². The first-order chi connectivity index (χ1) is 3.41. The summed E-state index contributed by atoms with van der Waals surface area (Å²) in [6.45, 7) is 0. The largest absolute Gasteiger partial charge is 0.373 e. The van der Waals surface area contributed by atoms with Gasteiger partial charge in [-0.05, 0) is 0 Å². The van der Waals surface area contributed by atoms with Crippen molar-refractivity contribution in [2.24, 2.45) is 0 Å². The van der Waals surface area contributed by atoms with Gasteiger partial charge in [-0.1, -0.05) is 0 Å². The lowest BCUT2D eigenvalue weighted by Crippen LogP contribution is -2.58. The second-order valence-electron chi connectivity index (χ2n) is 0.485. The first kappa shape index (κ1) is 10.4. The summed E-state index contributed by atoms with van der Waals surface area (Å²) in [6, 6.07) is 0. The van der Waals surface area contributed by atoms with Crippen molar-refractivity contribution in [1.29, 1.82) is 0 Å². The van der Waals surface area contributed by atoms with Gasteiger partial charge in [-0.15, -0.1) is 0 Å². The van der Waals surface area contributed by atoms with Crippen molar-refractivity contribution in [3.05, 3.63) is 16.0 Å². The van der Waals surface area contributed by atoms with Gasteiger partial charge in [-0.2, -0.15) is 14.0 Å². The van der Waals surface area contributed by atoms with E-state index in [1.54, 1.807) is 0 Å². The number of hydrogen-bond donors (Lipinski definition) is 1. The molecule has 0 bridgehead atoms. The molecule has 0 aliphatic carbocycles. The molecule has 0 saturated carbocycles. The summed E-state index contributed by atoms with van der Waals surface area (Å²) in [7, 11) is -4.69. The molecule has 0 radical (unpaired) electrons. The van der Waals surface area contributed by atoms with E-state index in [-0.39, 0.29) is 0 Å². The Morgan fingerprint density at radius 2 is 1.25 bits per heavy atom. The lowest BCUT2D eigenvalue weighted by molar-refractivity contribution is -1.92. The van der Waals surface area contributed by atoms with Crippen molar-refractivity contribution in [2.75, 3.05) is 0 Å². The lowest BCUT2D eigenvalue weighted by atomic mass is 13.0. The zero-order chi connectivity index (χ0) is 7.21. The van der Waals surface area contributed by atoms with Crippen molar-refractivity contribution in [3.63, 3.8) is 0 Å². The highest BCUT2D eigenvalue weighted by molar-refractivity contribution is 4.36. The Hall–Kier alpha value is -0.560. The minimum Gasteiger partial charge on any atom is -0.373 e. The highest BCUT2D eigenvalue weighted by Crippen LogP contribution is 1.60. The van der Waals surface area contributed by atoms with E-state index in [0.29, 0.717) is 0 Å². The molecule has 7 nitrogen and oxygen atoms in total. The van der Waals surface area contributed by atoms with Crippen LogP contribution in [0.3, 0.4) is 0 Å². The maximum Gasteiger partial charge on any atom is 0.0777 e. The number of hydrogen-bond acceptors (Lipinski definition) is 4. The monoisotopic (exact) mass is 142 g/mol. The molecule has 8 heteroatoms. The predicted octanol–water partition coefficient (Wildman–Crippen LogP) is -3.26. The van der Waals surface area contributed by atoms with Crippen LogP contribution in [0.1, 0.15) is 0 Å². The first-order valence-corrected chi connectivity index (χ1v) is 2.30. The molecule has 0 aromatic carbocycles. The zero-order valence-corrected chi connectivity index (χ0v) is 4.15. The van der Waals surface area contributed by atoms with E-state index in [4.69, 9.17) is 29.7 Å². The summed E-state index contributed by atoms with van der Waals surface area (Å²) >= 11 is 0. The highest BCUT2D eigenvalue weighted by atomic mass is 35.7. The van der Waals surface area contributed by atoms with Gasteiger partial charge in [0.1, 0.15) is 0 Å². The molecule has 0 spiro atoms. The van der Waals surface area contributed by atoms with Crippen molar-refractivity contribution >= 4 is 0 Å². The van der Waals surface area contributed by atoms with E-state index in [0.717, 1.165) is 0 Å². The van der Waals surface area contributed by atoms with E-state index in [2.05, 4.69) is 0 Å². The summed E-state index contributed by atoms with van der Waals surface area (Å²) in [4.78, 5) is 1.50. The molecule has 0 aliphatic rings. The van der Waals surface area contributed by atoms with E-state index in [9.17, 15) is 0 Å². The normalized spacial score (nSPS) is 8.50. The molecule has 0 rings (SSSR count). The number of rotatable bonds is 0. The van der Waals surface area contributed by atoms with Crippen LogP contribution in [0.15, 0.2) is 0 Å². The van der Waals surface area contributed by atoms with Crippen LogP contribution in [0.25, 0.3) is 16.0 Å². The maximum absolute atomic E-state index is 8.60. The van der Waals surface area contributed by atoms with Crippen LogP contribution in [0.4, 0.5) is 0 Å². The third kappa shape index (κ3) is 342. The fraction of sp³-hybridized carbons (Fsp3) is 0. The molecule has 0 heterocycles. The fourth-order valence-electron chi connectivity index (χ4n) is 0. The average Bonchev–Trinajstić information content (AvgIpc) is 1.27. The predicted molar refractivity (Wildman–Crippen MR) is 12.3 cm³/mol. The minimum atomic E-state index is -4.69. The summed E-state index contributed by atoms with van der Waals surface area (Å²) < 4.78 is 32.7. The molecule has 1 N–H and O–H groups in total. The summed E-state index contributed by atoms with van der Waals surface area (Å²) in [5.74, 6) is 0.